The first-order chi connectivity index (χ1) is 10.0. The normalized spacial score (nSPS) is 23.3. The van der Waals surface area contributed by atoms with Gasteiger partial charge in [0.2, 0.25) is 0 Å². The quantitative estimate of drug-likeness (QED) is 0.785. The molecule has 21 heavy (non-hydrogen) atoms. The van der Waals surface area contributed by atoms with Gasteiger partial charge in [-0.05, 0) is 33.6 Å². The number of ether oxygens (including phenoxy) is 1. The van der Waals surface area contributed by atoms with Crippen molar-refractivity contribution in [3.05, 3.63) is 15.6 Å². The number of hydrogen-bond acceptors (Lipinski definition) is 5. The molecule has 2 heterocycles. The van der Waals surface area contributed by atoms with Crippen LogP contribution in [0.5, 0.6) is 0 Å². The van der Waals surface area contributed by atoms with Crippen molar-refractivity contribution in [2.75, 3.05) is 33.4 Å². The Hall–Kier alpha value is -0.490. The average molecular weight is 311 g/mol. The highest BCUT2D eigenvalue weighted by atomic mass is 32.1. The van der Waals surface area contributed by atoms with E-state index in [0.29, 0.717) is 6.04 Å². The van der Waals surface area contributed by atoms with Crippen LogP contribution >= 0.6 is 11.3 Å². The number of aromatic nitrogens is 1. The summed E-state index contributed by atoms with van der Waals surface area (Å²) in [6.07, 6.45) is 2.15. The standard InChI is InChI=1S/C16H29N3OS/c1-6-14-13(4)21-15(18-14)16(17-8-10-20-5)7-9-19(11-16)12(2)3/h12,17H,6-11H2,1-5H3. The van der Waals surface area contributed by atoms with E-state index in [2.05, 4.69) is 37.9 Å². The Morgan fingerprint density at radius 3 is 2.76 bits per heavy atom. The number of thiazole rings is 1. The summed E-state index contributed by atoms with van der Waals surface area (Å²) in [5.41, 5.74) is 1.26. The van der Waals surface area contributed by atoms with E-state index >= 15 is 0 Å². The van der Waals surface area contributed by atoms with Gasteiger partial charge in [-0.1, -0.05) is 6.92 Å². The fourth-order valence-electron chi connectivity index (χ4n) is 3.03. The van der Waals surface area contributed by atoms with Crippen LogP contribution in [0.25, 0.3) is 0 Å². The molecule has 1 aliphatic heterocycles. The molecule has 0 saturated carbocycles. The van der Waals surface area contributed by atoms with Gasteiger partial charge in [-0.3, -0.25) is 4.90 Å². The Morgan fingerprint density at radius 2 is 2.24 bits per heavy atom. The predicted molar refractivity (Wildman–Crippen MR) is 89.1 cm³/mol. The average Bonchev–Trinajstić information content (AvgIpc) is 3.04. The molecule has 0 radical (unpaired) electrons. The van der Waals surface area contributed by atoms with Crippen LogP contribution < -0.4 is 5.32 Å². The third-order valence-corrected chi connectivity index (χ3v) is 5.65. The molecule has 1 N–H and O–H groups in total. The summed E-state index contributed by atoms with van der Waals surface area (Å²) in [4.78, 5) is 8.85. The third-order valence-electron chi connectivity index (χ3n) is 4.44. The number of hydrogen-bond donors (Lipinski definition) is 1. The van der Waals surface area contributed by atoms with Gasteiger partial charge in [-0.25, -0.2) is 4.98 Å². The van der Waals surface area contributed by atoms with E-state index in [1.165, 1.54) is 15.6 Å². The van der Waals surface area contributed by atoms with Crippen molar-refractivity contribution in [3.63, 3.8) is 0 Å². The van der Waals surface area contributed by atoms with E-state index in [0.717, 1.165) is 39.1 Å². The van der Waals surface area contributed by atoms with E-state index in [4.69, 9.17) is 9.72 Å². The number of nitrogens with zero attached hydrogens (tertiary/aromatic N) is 2. The highest BCUT2D eigenvalue weighted by Gasteiger charge is 2.42. The van der Waals surface area contributed by atoms with Crippen LogP contribution in [0.15, 0.2) is 0 Å². The van der Waals surface area contributed by atoms with Crippen LogP contribution in [0.4, 0.5) is 0 Å². The maximum Gasteiger partial charge on any atom is 0.115 e. The van der Waals surface area contributed by atoms with E-state index in [9.17, 15) is 0 Å². The molecular formula is C16H29N3OS. The van der Waals surface area contributed by atoms with Crippen molar-refractivity contribution >= 4 is 11.3 Å². The van der Waals surface area contributed by atoms with Gasteiger partial charge in [-0.2, -0.15) is 0 Å². The summed E-state index contributed by atoms with van der Waals surface area (Å²) in [7, 11) is 1.76. The Balaban J connectivity index is 2.23. The maximum absolute atomic E-state index is 5.21. The van der Waals surface area contributed by atoms with Crippen LogP contribution in [0.2, 0.25) is 0 Å². The zero-order valence-electron chi connectivity index (χ0n) is 14.0. The van der Waals surface area contributed by atoms with Gasteiger partial charge in [-0.15, -0.1) is 11.3 Å². The lowest BCUT2D eigenvalue weighted by molar-refractivity contribution is 0.179. The van der Waals surface area contributed by atoms with Crippen LogP contribution in [-0.2, 0) is 16.7 Å². The molecule has 0 amide bonds. The van der Waals surface area contributed by atoms with Crippen molar-refractivity contribution in [2.24, 2.45) is 0 Å². The van der Waals surface area contributed by atoms with Gasteiger partial charge in [0.15, 0.2) is 0 Å². The zero-order valence-corrected chi connectivity index (χ0v) is 14.8. The Bertz CT molecular complexity index is 460. The molecule has 0 spiro atoms. The maximum atomic E-state index is 5.21. The van der Waals surface area contributed by atoms with E-state index in [1.807, 2.05) is 11.3 Å². The summed E-state index contributed by atoms with van der Waals surface area (Å²) in [6.45, 7) is 12.7. The molecule has 1 aromatic rings. The van der Waals surface area contributed by atoms with Crippen LogP contribution in [0.1, 0.15) is 42.8 Å². The second-order valence-corrected chi connectivity index (χ2v) is 7.39. The lowest BCUT2D eigenvalue weighted by atomic mass is 9.99. The molecule has 4 nitrogen and oxygen atoms in total. The molecule has 1 atom stereocenters. The molecular weight excluding hydrogens is 282 g/mol. The zero-order chi connectivity index (χ0) is 15.5. The molecule has 5 heteroatoms. The van der Waals surface area contributed by atoms with Gasteiger partial charge >= 0.3 is 0 Å². The summed E-state index contributed by atoms with van der Waals surface area (Å²) in [5.74, 6) is 0. The second-order valence-electron chi connectivity index (χ2n) is 6.19. The largest absolute Gasteiger partial charge is 0.383 e. The predicted octanol–water partition coefficient (Wildman–Crippen LogP) is 2.56. The molecule has 2 rings (SSSR count). The number of aryl methyl sites for hydroxylation is 2. The highest BCUT2D eigenvalue weighted by molar-refractivity contribution is 7.11. The van der Waals surface area contributed by atoms with Crippen molar-refractivity contribution < 1.29 is 4.74 Å². The van der Waals surface area contributed by atoms with Crippen LogP contribution in [0.3, 0.4) is 0 Å². The van der Waals surface area contributed by atoms with Crippen molar-refractivity contribution in [1.82, 2.24) is 15.2 Å². The Kier molecular flexibility index (Phi) is 5.77. The Labute approximate surface area is 132 Å². The number of methoxy groups -OCH3 is 1. The first-order valence-electron chi connectivity index (χ1n) is 7.97. The molecule has 0 bridgehead atoms. The number of nitrogens with one attached hydrogen (secondary N) is 1. The minimum Gasteiger partial charge on any atom is -0.383 e. The topological polar surface area (TPSA) is 37.4 Å². The van der Waals surface area contributed by atoms with Crippen molar-refractivity contribution in [3.8, 4) is 0 Å². The van der Waals surface area contributed by atoms with Crippen LogP contribution in [-0.4, -0.2) is 49.3 Å². The molecule has 1 unspecified atom stereocenters. The summed E-state index contributed by atoms with van der Waals surface area (Å²) < 4.78 is 5.21. The van der Waals surface area contributed by atoms with Gasteiger partial charge in [0.25, 0.3) is 0 Å². The number of likely N-dealkylation sites (tertiary alicyclic amines) is 1. The fourth-order valence-corrected chi connectivity index (χ4v) is 4.22. The fraction of sp³-hybridized carbons (Fsp3) is 0.812. The van der Waals surface area contributed by atoms with E-state index in [1.54, 1.807) is 7.11 Å². The minimum absolute atomic E-state index is 0.00560. The summed E-state index contributed by atoms with van der Waals surface area (Å²) >= 11 is 1.87. The lowest BCUT2D eigenvalue weighted by Gasteiger charge is -2.30. The van der Waals surface area contributed by atoms with Gasteiger partial charge in [0.1, 0.15) is 5.01 Å². The molecule has 0 aromatic carbocycles. The molecule has 1 aromatic heterocycles. The molecule has 120 valence electrons. The van der Waals surface area contributed by atoms with Crippen LogP contribution in [0, 0.1) is 6.92 Å². The van der Waals surface area contributed by atoms with Gasteiger partial charge < -0.3 is 10.1 Å². The van der Waals surface area contributed by atoms with Crippen molar-refractivity contribution in [1.29, 1.82) is 0 Å². The summed E-state index contributed by atoms with van der Waals surface area (Å²) in [6, 6.07) is 0.586. The monoisotopic (exact) mass is 311 g/mol. The molecule has 1 aliphatic rings. The van der Waals surface area contributed by atoms with E-state index in [-0.39, 0.29) is 5.54 Å². The molecule has 0 aliphatic carbocycles. The minimum atomic E-state index is 0.00560. The van der Waals surface area contributed by atoms with E-state index < -0.39 is 0 Å². The van der Waals surface area contributed by atoms with Gasteiger partial charge in [0, 0.05) is 37.7 Å². The molecule has 1 fully saturated rings. The third kappa shape index (κ3) is 3.65. The first kappa shape index (κ1) is 16.9. The summed E-state index contributed by atoms with van der Waals surface area (Å²) in [5, 5.41) is 5.00. The SMILES string of the molecule is CCc1nc(C2(NCCOC)CCN(C(C)C)C2)sc1C. The second kappa shape index (κ2) is 7.18. The first-order valence-corrected chi connectivity index (χ1v) is 8.79. The smallest absolute Gasteiger partial charge is 0.115 e. The Morgan fingerprint density at radius 1 is 1.48 bits per heavy atom. The number of rotatable bonds is 7. The van der Waals surface area contributed by atoms with Gasteiger partial charge in [0.05, 0.1) is 17.8 Å². The highest BCUT2D eigenvalue weighted by Crippen LogP contribution is 2.36. The van der Waals surface area contributed by atoms with Crippen molar-refractivity contribution in [2.45, 2.75) is 52.1 Å². The lowest BCUT2D eigenvalue weighted by Crippen LogP contribution is -2.46. The molecule has 1 saturated heterocycles.